The van der Waals surface area contributed by atoms with Crippen LogP contribution in [-0.2, 0) is 0 Å². The van der Waals surface area contributed by atoms with Crippen LogP contribution in [0.1, 0.15) is 37.8 Å². The van der Waals surface area contributed by atoms with Crippen LogP contribution in [-0.4, -0.2) is 34.7 Å². The standard InChI is InChI=1S/C23H23FN4O3/c1-4-12-28-14(2)19(20(25-23(28)29)16-6-5-7-18(13-16)30-3)22-26-21(27-31-22)15-8-10-17(24)11-9-15/h5-11,13,20H,4,12H2,1-3H3,(H,25,29). The molecular formula is C23H23FN4O3. The van der Waals surface area contributed by atoms with Crippen LogP contribution in [0.4, 0.5) is 9.18 Å². The van der Waals surface area contributed by atoms with Crippen LogP contribution in [0.25, 0.3) is 17.0 Å². The predicted molar refractivity (Wildman–Crippen MR) is 114 cm³/mol. The lowest BCUT2D eigenvalue weighted by Gasteiger charge is -2.35. The lowest BCUT2D eigenvalue weighted by Crippen LogP contribution is -2.46. The number of allylic oxidation sites excluding steroid dienone is 1. The van der Waals surface area contributed by atoms with Gasteiger partial charge in [-0.05, 0) is 55.3 Å². The van der Waals surface area contributed by atoms with Gasteiger partial charge in [0, 0.05) is 17.8 Å². The number of aromatic nitrogens is 2. The van der Waals surface area contributed by atoms with E-state index in [4.69, 9.17) is 9.26 Å². The lowest BCUT2D eigenvalue weighted by atomic mass is 9.94. The Morgan fingerprint density at radius 3 is 2.71 bits per heavy atom. The van der Waals surface area contributed by atoms with Crippen molar-refractivity contribution in [1.82, 2.24) is 20.4 Å². The molecule has 0 aliphatic carbocycles. The number of benzene rings is 2. The summed E-state index contributed by atoms with van der Waals surface area (Å²) in [5.41, 5.74) is 2.92. The maximum atomic E-state index is 13.3. The second-order valence-corrected chi connectivity index (χ2v) is 7.24. The first-order chi connectivity index (χ1) is 15.0. The lowest BCUT2D eigenvalue weighted by molar-refractivity contribution is 0.205. The molecule has 31 heavy (non-hydrogen) atoms. The summed E-state index contributed by atoms with van der Waals surface area (Å²) in [7, 11) is 1.59. The first kappa shape index (κ1) is 20.6. The molecule has 3 aromatic rings. The zero-order valence-electron chi connectivity index (χ0n) is 17.6. The SMILES string of the molecule is CCCN1C(=O)NC(c2cccc(OC)c2)C(c2nc(-c3ccc(F)cc3)no2)=C1C. The summed E-state index contributed by atoms with van der Waals surface area (Å²) < 4.78 is 24.2. The summed E-state index contributed by atoms with van der Waals surface area (Å²) in [6.45, 7) is 4.44. The van der Waals surface area contributed by atoms with Crippen LogP contribution < -0.4 is 10.1 Å². The molecule has 1 N–H and O–H groups in total. The van der Waals surface area contributed by atoms with Crippen LogP contribution in [0.2, 0.25) is 0 Å². The van der Waals surface area contributed by atoms with E-state index in [0.717, 1.165) is 17.7 Å². The minimum atomic E-state index is -0.489. The molecule has 0 saturated heterocycles. The maximum Gasteiger partial charge on any atom is 0.322 e. The molecule has 1 unspecified atom stereocenters. The number of amides is 2. The molecular weight excluding hydrogens is 399 g/mol. The Labute approximate surface area is 179 Å². The summed E-state index contributed by atoms with van der Waals surface area (Å²) >= 11 is 0. The van der Waals surface area contributed by atoms with Crippen molar-refractivity contribution in [2.24, 2.45) is 0 Å². The summed E-state index contributed by atoms with van der Waals surface area (Å²) in [4.78, 5) is 19.0. The van der Waals surface area contributed by atoms with Gasteiger partial charge in [0.05, 0.1) is 18.7 Å². The number of carbonyl (C=O) groups excluding carboxylic acids is 1. The number of nitrogens with one attached hydrogen (secondary N) is 1. The molecule has 4 rings (SSSR count). The van der Waals surface area contributed by atoms with Crippen molar-refractivity contribution in [3.63, 3.8) is 0 Å². The highest BCUT2D eigenvalue weighted by Gasteiger charge is 2.35. The molecule has 0 fully saturated rings. The highest BCUT2D eigenvalue weighted by molar-refractivity contribution is 5.86. The van der Waals surface area contributed by atoms with Gasteiger partial charge in [0.2, 0.25) is 5.82 Å². The van der Waals surface area contributed by atoms with E-state index in [0.29, 0.717) is 35.1 Å². The average Bonchev–Trinajstić information content (AvgIpc) is 3.26. The maximum absolute atomic E-state index is 13.3. The molecule has 2 aromatic carbocycles. The van der Waals surface area contributed by atoms with Crippen molar-refractivity contribution in [3.05, 3.63) is 71.5 Å². The second-order valence-electron chi connectivity index (χ2n) is 7.24. The molecule has 2 heterocycles. The van der Waals surface area contributed by atoms with Crippen LogP contribution in [0.15, 0.2) is 58.8 Å². The smallest absolute Gasteiger partial charge is 0.322 e. The fourth-order valence-corrected chi connectivity index (χ4v) is 3.67. The minimum Gasteiger partial charge on any atom is -0.497 e. The Balaban J connectivity index is 1.81. The number of methoxy groups -OCH3 is 1. The number of hydrogen-bond donors (Lipinski definition) is 1. The first-order valence-electron chi connectivity index (χ1n) is 10.0. The van der Waals surface area contributed by atoms with Crippen LogP contribution >= 0.6 is 0 Å². The number of urea groups is 1. The number of nitrogens with zero attached hydrogens (tertiary/aromatic N) is 3. The van der Waals surface area contributed by atoms with Crippen molar-refractivity contribution in [2.75, 3.05) is 13.7 Å². The summed E-state index contributed by atoms with van der Waals surface area (Å²) in [5.74, 6) is 0.982. The molecule has 1 aliphatic heterocycles. The molecule has 1 atom stereocenters. The third-order valence-electron chi connectivity index (χ3n) is 5.23. The third-order valence-corrected chi connectivity index (χ3v) is 5.23. The van der Waals surface area contributed by atoms with Gasteiger partial charge in [-0.15, -0.1) is 0 Å². The molecule has 160 valence electrons. The molecule has 0 saturated carbocycles. The van der Waals surface area contributed by atoms with Gasteiger partial charge in [0.1, 0.15) is 11.6 Å². The number of carbonyl (C=O) groups is 1. The number of rotatable bonds is 6. The molecule has 1 aromatic heterocycles. The van der Waals surface area contributed by atoms with Crippen LogP contribution in [0.5, 0.6) is 5.75 Å². The molecule has 7 nitrogen and oxygen atoms in total. The molecule has 0 spiro atoms. The molecule has 8 heteroatoms. The van der Waals surface area contributed by atoms with Gasteiger partial charge in [-0.1, -0.05) is 24.2 Å². The summed E-state index contributed by atoms with van der Waals surface area (Å²) in [6, 6.07) is 12.7. The van der Waals surface area contributed by atoms with Crippen molar-refractivity contribution in [1.29, 1.82) is 0 Å². The van der Waals surface area contributed by atoms with Crippen LogP contribution in [0.3, 0.4) is 0 Å². The Kier molecular flexibility index (Phi) is 5.70. The molecule has 1 aliphatic rings. The van der Waals surface area contributed by atoms with Crippen molar-refractivity contribution < 1.29 is 18.4 Å². The molecule has 2 amide bonds. The highest BCUT2D eigenvalue weighted by Crippen LogP contribution is 2.38. The van der Waals surface area contributed by atoms with Gasteiger partial charge < -0.3 is 14.6 Å². The fraction of sp³-hybridized carbons (Fsp3) is 0.261. The van der Waals surface area contributed by atoms with E-state index in [1.165, 1.54) is 12.1 Å². The Morgan fingerprint density at radius 2 is 2.00 bits per heavy atom. The normalized spacial score (nSPS) is 16.5. The first-order valence-corrected chi connectivity index (χ1v) is 10.0. The van der Waals surface area contributed by atoms with E-state index in [9.17, 15) is 9.18 Å². The number of halogens is 1. The van der Waals surface area contributed by atoms with Crippen molar-refractivity contribution in [3.8, 4) is 17.1 Å². The quantitative estimate of drug-likeness (QED) is 0.618. The number of hydrogen-bond acceptors (Lipinski definition) is 5. The largest absolute Gasteiger partial charge is 0.497 e. The Bertz CT molecular complexity index is 1120. The monoisotopic (exact) mass is 422 g/mol. The summed E-state index contributed by atoms with van der Waals surface area (Å²) in [5, 5.41) is 7.13. The van der Waals surface area contributed by atoms with Gasteiger partial charge >= 0.3 is 6.03 Å². The number of ether oxygens (including phenoxy) is 1. The summed E-state index contributed by atoms with van der Waals surface area (Å²) in [6.07, 6.45) is 0.798. The second kappa shape index (κ2) is 8.59. The van der Waals surface area contributed by atoms with Crippen LogP contribution in [0, 0.1) is 5.82 Å². The zero-order valence-corrected chi connectivity index (χ0v) is 17.6. The van der Waals surface area contributed by atoms with E-state index >= 15 is 0 Å². The third kappa shape index (κ3) is 4.01. The highest BCUT2D eigenvalue weighted by atomic mass is 19.1. The average molecular weight is 422 g/mol. The molecule has 0 radical (unpaired) electrons. The van der Waals surface area contributed by atoms with Gasteiger partial charge in [-0.2, -0.15) is 4.98 Å². The molecule has 0 bridgehead atoms. The van der Waals surface area contributed by atoms with Gasteiger partial charge in [-0.25, -0.2) is 9.18 Å². The van der Waals surface area contributed by atoms with Crippen molar-refractivity contribution in [2.45, 2.75) is 26.3 Å². The van der Waals surface area contributed by atoms with Gasteiger partial charge in [0.15, 0.2) is 0 Å². The van der Waals surface area contributed by atoms with E-state index in [1.807, 2.05) is 38.1 Å². The Hall–Kier alpha value is -3.68. The van der Waals surface area contributed by atoms with Gasteiger partial charge in [0.25, 0.3) is 5.89 Å². The zero-order chi connectivity index (χ0) is 22.0. The van der Waals surface area contributed by atoms with E-state index in [-0.39, 0.29) is 11.8 Å². The fourth-order valence-electron chi connectivity index (χ4n) is 3.67. The van der Waals surface area contributed by atoms with E-state index in [1.54, 1.807) is 24.1 Å². The topological polar surface area (TPSA) is 80.5 Å². The minimum absolute atomic E-state index is 0.186. The van der Waals surface area contributed by atoms with Crippen molar-refractivity contribution >= 4 is 11.6 Å². The predicted octanol–water partition coefficient (Wildman–Crippen LogP) is 4.79. The van der Waals surface area contributed by atoms with Gasteiger partial charge in [-0.3, -0.25) is 4.90 Å². The van der Waals surface area contributed by atoms with E-state index in [2.05, 4.69) is 15.5 Å². The Morgan fingerprint density at radius 1 is 1.23 bits per heavy atom. The van der Waals surface area contributed by atoms with E-state index < -0.39 is 6.04 Å².